The van der Waals surface area contributed by atoms with Crippen molar-refractivity contribution in [1.82, 2.24) is 9.78 Å². The van der Waals surface area contributed by atoms with Gasteiger partial charge in [0.15, 0.2) is 0 Å². The number of aromatic nitrogens is 2. The summed E-state index contributed by atoms with van der Waals surface area (Å²) in [5.41, 5.74) is 1.32. The van der Waals surface area contributed by atoms with Gasteiger partial charge in [0.25, 0.3) is 0 Å². The SMILES string of the molecule is CC.CCc1cnn(CC)c1. The molecule has 1 heterocycles. The largest absolute Gasteiger partial charge is 0.273 e. The highest BCUT2D eigenvalue weighted by atomic mass is 15.3. The van der Waals surface area contributed by atoms with E-state index in [9.17, 15) is 0 Å². The van der Waals surface area contributed by atoms with Gasteiger partial charge >= 0.3 is 0 Å². The lowest BCUT2D eigenvalue weighted by Gasteiger charge is -1.89. The molecule has 1 aromatic rings. The van der Waals surface area contributed by atoms with Crippen LogP contribution in [0.5, 0.6) is 0 Å². The molecule has 0 spiro atoms. The van der Waals surface area contributed by atoms with Crippen molar-refractivity contribution >= 4 is 0 Å². The summed E-state index contributed by atoms with van der Waals surface area (Å²) in [5, 5.41) is 4.12. The van der Waals surface area contributed by atoms with E-state index >= 15 is 0 Å². The molecule has 0 aliphatic carbocycles. The van der Waals surface area contributed by atoms with Crippen molar-refractivity contribution in [3.05, 3.63) is 18.0 Å². The van der Waals surface area contributed by atoms with Gasteiger partial charge in [-0.05, 0) is 18.9 Å². The average Bonchev–Trinajstić information content (AvgIpc) is 2.55. The van der Waals surface area contributed by atoms with E-state index in [2.05, 4.69) is 25.1 Å². The molecular formula is C9H18N2. The predicted octanol–water partition coefficient (Wildman–Crippen LogP) is 2.49. The van der Waals surface area contributed by atoms with Crippen LogP contribution in [0.25, 0.3) is 0 Å². The third-order valence-corrected chi connectivity index (χ3v) is 1.42. The lowest BCUT2D eigenvalue weighted by molar-refractivity contribution is 0.659. The van der Waals surface area contributed by atoms with Crippen molar-refractivity contribution < 1.29 is 0 Å². The molecule has 11 heavy (non-hydrogen) atoms. The van der Waals surface area contributed by atoms with E-state index in [0.717, 1.165) is 13.0 Å². The van der Waals surface area contributed by atoms with Crippen LogP contribution < -0.4 is 0 Å². The van der Waals surface area contributed by atoms with E-state index < -0.39 is 0 Å². The third-order valence-electron chi connectivity index (χ3n) is 1.42. The van der Waals surface area contributed by atoms with Crippen molar-refractivity contribution in [2.24, 2.45) is 0 Å². The van der Waals surface area contributed by atoms with Crippen LogP contribution in [0.1, 0.15) is 33.3 Å². The molecule has 0 amide bonds. The molecule has 0 aromatic carbocycles. The number of rotatable bonds is 2. The minimum Gasteiger partial charge on any atom is -0.273 e. The molecule has 0 radical (unpaired) electrons. The first kappa shape index (κ1) is 10.2. The predicted molar refractivity (Wildman–Crippen MR) is 48.6 cm³/mol. The Bertz CT molecular complexity index is 161. The summed E-state index contributed by atoms with van der Waals surface area (Å²) in [5.74, 6) is 0. The van der Waals surface area contributed by atoms with Gasteiger partial charge in [0, 0.05) is 12.7 Å². The zero-order valence-corrected chi connectivity index (χ0v) is 7.96. The summed E-state index contributed by atoms with van der Waals surface area (Å²) in [6, 6.07) is 0. The quantitative estimate of drug-likeness (QED) is 0.640. The molecule has 0 N–H and O–H groups in total. The third kappa shape index (κ3) is 3.21. The summed E-state index contributed by atoms with van der Waals surface area (Å²) in [6.07, 6.45) is 5.09. The summed E-state index contributed by atoms with van der Waals surface area (Å²) in [7, 11) is 0. The van der Waals surface area contributed by atoms with Crippen molar-refractivity contribution in [1.29, 1.82) is 0 Å². The van der Waals surface area contributed by atoms with Crippen molar-refractivity contribution in [2.45, 2.75) is 40.7 Å². The van der Waals surface area contributed by atoms with Crippen LogP contribution in [0.2, 0.25) is 0 Å². The smallest absolute Gasteiger partial charge is 0.0521 e. The maximum absolute atomic E-state index is 4.12. The van der Waals surface area contributed by atoms with E-state index in [1.807, 2.05) is 24.7 Å². The van der Waals surface area contributed by atoms with Crippen LogP contribution in [0.4, 0.5) is 0 Å². The van der Waals surface area contributed by atoms with Gasteiger partial charge in [-0.1, -0.05) is 20.8 Å². The molecule has 2 nitrogen and oxygen atoms in total. The zero-order chi connectivity index (χ0) is 8.69. The van der Waals surface area contributed by atoms with Crippen LogP contribution in [0, 0.1) is 0 Å². The second kappa shape index (κ2) is 5.96. The van der Waals surface area contributed by atoms with E-state index in [1.54, 1.807) is 0 Å². The second-order valence-corrected chi connectivity index (χ2v) is 2.06. The van der Waals surface area contributed by atoms with Crippen molar-refractivity contribution in [2.75, 3.05) is 0 Å². The zero-order valence-electron chi connectivity index (χ0n) is 7.96. The lowest BCUT2D eigenvalue weighted by Crippen LogP contribution is -1.92. The standard InChI is InChI=1S/C7H12N2.C2H6/c1-3-7-5-8-9(4-2)6-7;1-2/h5-6H,3-4H2,1-2H3;1-2H3. The molecule has 0 aliphatic rings. The first-order chi connectivity index (χ1) is 5.36. The Morgan fingerprint density at radius 3 is 2.27 bits per heavy atom. The molecule has 0 bridgehead atoms. The van der Waals surface area contributed by atoms with E-state index in [4.69, 9.17) is 0 Å². The fourth-order valence-electron chi connectivity index (χ4n) is 0.762. The molecule has 1 rings (SSSR count). The van der Waals surface area contributed by atoms with Crippen molar-refractivity contribution in [3.63, 3.8) is 0 Å². The van der Waals surface area contributed by atoms with Gasteiger partial charge in [0.2, 0.25) is 0 Å². The van der Waals surface area contributed by atoms with E-state index in [0.29, 0.717) is 0 Å². The summed E-state index contributed by atoms with van der Waals surface area (Å²) in [6.45, 7) is 9.20. The Balaban J connectivity index is 0.000000461. The van der Waals surface area contributed by atoms with Crippen LogP contribution in [-0.2, 0) is 13.0 Å². The molecule has 0 unspecified atom stereocenters. The van der Waals surface area contributed by atoms with Crippen LogP contribution in [0.3, 0.4) is 0 Å². The molecule has 0 aliphatic heterocycles. The Labute approximate surface area is 69.2 Å². The lowest BCUT2D eigenvalue weighted by atomic mass is 10.3. The van der Waals surface area contributed by atoms with Gasteiger partial charge in [-0.3, -0.25) is 4.68 Å². The Morgan fingerprint density at radius 2 is 2.00 bits per heavy atom. The molecule has 0 saturated carbocycles. The van der Waals surface area contributed by atoms with Gasteiger partial charge < -0.3 is 0 Å². The summed E-state index contributed by atoms with van der Waals surface area (Å²) >= 11 is 0. The van der Waals surface area contributed by atoms with Crippen LogP contribution >= 0.6 is 0 Å². The molecule has 64 valence electrons. The minimum absolute atomic E-state index is 0.972. The minimum atomic E-state index is 0.972. The number of nitrogens with zero attached hydrogens (tertiary/aromatic N) is 2. The fourth-order valence-corrected chi connectivity index (χ4v) is 0.762. The topological polar surface area (TPSA) is 17.8 Å². The summed E-state index contributed by atoms with van der Waals surface area (Å²) in [4.78, 5) is 0. The normalized spacial score (nSPS) is 8.73. The molecule has 1 aromatic heterocycles. The number of hydrogen-bond acceptors (Lipinski definition) is 1. The van der Waals surface area contributed by atoms with Gasteiger partial charge in [0.1, 0.15) is 0 Å². The number of hydrogen-bond donors (Lipinski definition) is 0. The van der Waals surface area contributed by atoms with Crippen LogP contribution in [-0.4, -0.2) is 9.78 Å². The average molecular weight is 154 g/mol. The number of aryl methyl sites for hydroxylation is 2. The molecule has 0 saturated heterocycles. The van der Waals surface area contributed by atoms with E-state index in [1.165, 1.54) is 5.56 Å². The monoisotopic (exact) mass is 154 g/mol. The van der Waals surface area contributed by atoms with Gasteiger partial charge in [-0.25, -0.2) is 0 Å². The second-order valence-electron chi connectivity index (χ2n) is 2.06. The fraction of sp³-hybridized carbons (Fsp3) is 0.667. The van der Waals surface area contributed by atoms with E-state index in [-0.39, 0.29) is 0 Å². The highest BCUT2D eigenvalue weighted by Crippen LogP contribution is 1.96. The molecule has 0 fully saturated rings. The van der Waals surface area contributed by atoms with Gasteiger partial charge in [0.05, 0.1) is 6.20 Å². The molecule has 0 atom stereocenters. The maximum Gasteiger partial charge on any atom is 0.0521 e. The Hall–Kier alpha value is -0.790. The van der Waals surface area contributed by atoms with Gasteiger partial charge in [-0.15, -0.1) is 0 Å². The van der Waals surface area contributed by atoms with Crippen LogP contribution in [0.15, 0.2) is 12.4 Å². The molecule has 2 heteroatoms. The highest BCUT2D eigenvalue weighted by molar-refractivity contribution is 5.02. The first-order valence-electron chi connectivity index (χ1n) is 4.38. The Kier molecular flexibility index (Phi) is 5.53. The summed E-state index contributed by atoms with van der Waals surface area (Å²) < 4.78 is 1.94. The first-order valence-corrected chi connectivity index (χ1v) is 4.38. The van der Waals surface area contributed by atoms with Gasteiger partial charge in [-0.2, -0.15) is 5.10 Å². The Morgan fingerprint density at radius 1 is 1.36 bits per heavy atom. The highest BCUT2D eigenvalue weighted by Gasteiger charge is 1.90. The molecular weight excluding hydrogens is 136 g/mol. The van der Waals surface area contributed by atoms with Crippen molar-refractivity contribution in [3.8, 4) is 0 Å². The maximum atomic E-state index is 4.12.